The Morgan fingerprint density at radius 2 is 1.80 bits per heavy atom. The molecule has 2 aromatic carbocycles. The molecule has 1 amide bonds. The molecule has 9 heteroatoms. The second kappa shape index (κ2) is 9.82. The van der Waals surface area contributed by atoms with Crippen molar-refractivity contribution in [3.8, 4) is 0 Å². The van der Waals surface area contributed by atoms with Crippen molar-refractivity contribution >= 4 is 23.3 Å². The Balaban J connectivity index is 1.57. The minimum atomic E-state index is -0.819. The summed E-state index contributed by atoms with van der Waals surface area (Å²) in [7, 11) is 0. The van der Waals surface area contributed by atoms with E-state index in [4.69, 9.17) is 4.74 Å². The van der Waals surface area contributed by atoms with E-state index in [0.717, 1.165) is 32.4 Å². The number of hydrogen-bond donors (Lipinski definition) is 1. The number of rotatable bonds is 7. The summed E-state index contributed by atoms with van der Waals surface area (Å²) in [6, 6.07) is 9.83. The maximum absolute atomic E-state index is 12.9. The number of nitro benzene ring substituents is 1. The SMILES string of the molecule is O=C(COC(=O)c1ccc(N2CCCCC2)c([N+](=O)[O-])c1)NCc1ccc(F)cc1. The summed E-state index contributed by atoms with van der Waals surface area (Å²) in [6.07, 6.45) is 3.03. The first-order valence-electron chi connectivity index (χ1n) is 9.65. The summed E-state index contributed by atoms with van der Waals surface area (Å²) in [4.78, 5) is 37.0. The molecule has 1 aliphatic heterocycles. The van der Waals surface area contributed by atoms with Crippen LogP contribution < -0.4 is 10.2 Å². The monoisotopic (exact) mass is 415 g/mol. The Morgan fingerprint density at radius 1 is 1.10 bits per heavy atom. The first-order valence-corrected chi connectivity index (χ1v) is 9.65. The number of amides is 1. The fourth-order valence-corrected chi connectivity index (χ4v) is 3.27. The van der Waals surface area contributed by atoms with Crippen molar-refractivity contribution in [3.63, 3.8) is 0 Å². The predicted molar refractivity (Wildman–Crippen MR) is 108 cm³/mol. The Kier molecular flexibility index (Phi) is 6.95. The molecule has 0 bridgehead atoms. The van der Waals surface area contributed by atoms with E-state index in [1.165, 1.54) is 36.4 Å². The highest BCUT2D eigenvalue weighted by Gasteiger charge is 2.23. The van der Waals surface area contributed by atoms with Crippen molar-refractivity contribution in [1.29, 1.82) is 0 Å². The number of carbonyl (C=O) groups excluding carboxylic acids is 2. The second-order valence-electron chi connectivity index (χ2n) is 6.99. The van der Waals surface area contributed by atoms with Crippen molar-refractivity contribution in [1.82, 2.24) is 5.32 Å². The molecule has 8 nitrogen and oxygen atoms in total. The van der Waals surface area contributed by atoms with Crippen LogP contribution in [-0.4, -0.2) is 36.5 Å². The molecule has 0 spiro atoms. The van der Waals surface area contributed by atoms with Crippen LogP contribution >= 0.6 is 0 Å². The molecule has 0 unspecified atom stereocenters. The van der Waals surface area contributed by atoms with Gasteiger partial charge in [0.2, 0.25) is 0 Å². The van der Waals surface area contributed by atoms with Crippen molar-refractivity contribution in [2.45, 2.75) is 25.8 Å². The van der Waals surface area contributed by atoms with Gasteiger partial charge in [-0.05, 0) is 49.1 Å². The lowest BCUT2D eigenvalue weighted by atomic mass is 10.1. The molecule has 3 rings (SSSR count). The third-order valence-corrected chi connectivity index (χ3v) is 4.84. The van der Waals surface area contributed by atoms with E-state index in [1.807, 2.05) is 4.90 Å². The molecule has 0 saturated carbocycles. The highest BCUT2D eigenvalue weighted by atomic mass is 19.1. The van der Waals surface area contributed by atoms with Gasteiger partial charge in [-0.25, -0.2) is 9.18 Å². The molecule has 1 aliphatic rings. The molecule has 158 valence electrons. The molecule has 1 heterocycles. The van der Waals surface area contributed by atoms with Crippen molar-refractivity contribution in [3.05, 3.63) is 69.5 Å². The van der Waals surface area contributed by atoms with Crippen LogP contribution in [0.1, 0.15) is 35.2 Å². The number of ether oxygens (including phenoxy) is 1. The topological polar surface area (TPSA) is 102 Å². The van der Waals surface area contributed by atoms with Crippen LogP contribution in [0.2, 0.25) is 0 Å². The van der Waals surface area contributed by atoms with Crippen LogP contribution in [0.25, 0.3) is 0 Å². The molecule has 0 atom stereocenters. The van der Waals surface area contributed by atoms with E-state index in [1.54, 1.807) is 6.07 Å². The standard InChI is InChI=1S/C21H22FN3O5/c22-17-7-4-15(5-8-17)13-23-20(26)14-30-21(27)16-6-9-18(19(12-16)25(28)29)24-10-2-1-3-11-24/h4-9,12H,1-3,10-11,13-14H2,(H,23,26). The average molecular weight is 415 g/mol. The minimum Gasteiger partial charge on any atom is -0.452 e. The van der Waals surface area contributed by atoms with Gasteiger partial charge in [0.05, 0.1) is 10.5 Å². The molecule has 1 fully saturated rings. The summed E-state index contributed by atoms with van der Waals surface area (Å²) in [5.74, 6) is -1.73. The van der Waals surface area contributed by atoms with E-state index < -0.39 is 23.4 Å². The number of benzene rings is 2. The Labute approximate surface area is 172 Å². The number of piperidine rings is 1. The van der Waals surface area contributed by atoms with Crippen LogP contribution in [-0.2, 0) is 16.1 Å². The predicted octanol–water partition coefficient (Wildman–Crippen LogP) is 3.20. The zero-order valence-electron chi connectivity index (χ0n) is 16.3. The van der Waals surface area contributed by atoms with Crippen LogP contribution in [0, 0.1) is 15.9 Å². The van der Waals surface area contributed by atoms with Gasteiger partial charge >= 0.3 is 5.97 Å². The molecule has 0 aliphatic carbocycles. The third-order valence-electron chi connectivity index (χ3n) is 4.84. The molecule has 0 radical (unpaired) electrons. The molecular weight excluding hydrogens is 393 g/mol. The van der Waals surface area contributed by atoms with Gasteiger partial charge in [0.25, 0.3) is 11.6 Å². The highest BCUT2D eigenvalue weighted by Crippen LogP contribution is 2.31. The van der Waals surface area contributed by atoms with Crippen molar-refractivity contribution in [2.24, 2.45) is 0 Å². The lowest BCUT2D eigenvalue weighted by Crippen LogP contribution is -2.30. The maximum Gasteiger partial charge on any atom is 0.338 e. The van der Waals surface area contributed by atoms with E-state index in [2.05, 4.69) is 5.32 Å². The number of nitrogens with zero attached hydrogens (tertiary/aromatic N) is 2. The molecule has 1 saturated heterocycles. The third kappa shape index (κ3) is 5.53. The van der Waals surface area contributed by atoms with E-state index in [0.29, 0.717) is 11.3 Å². The van der Waals surface area contributed by atoms with Gasteiger partial charge < -0.3 is 15.0 Å². The normalized spacial score (nSPS) is 13.6. The maximum atomic E-state index is 12.9. The smallest absolute Gasteiger partial charge is 0.338 e. The van der Waals surface area contributed by atoms with Crippen molar-refractivity contribution in [2.75, 3.05) is 24.6 Å². The molecule has 1 N–H and O–H groups in total. The average Bonchev–Trinajstić information content (AvgIpc) is 2.77. The summed E-state index contributed by atoms with van der Waals surface area (Å²) < 4.78 is 17.8. The van der Waals surface area contributed by atoms with E-state index in [9.17, 15) is 24.1 Å². The zero-order valence-corrected chi connectivity index (χ0v) is 16.3. The van der Waals surface area contributed by atoms with Crippen LogP contribution in [0.15, 0.2) is 42.5 Å². The fraction of sp³-hybridized carbons (Fsp3) is 0.333. The highest BCUT2D eigenvalue weighted by molar-refractivity contribution is 5.93. The first kappa shape index (κ1) is 21.2. The van der Waals surface area contributed by atoms with Crippen LogP contribution in [0.3, 0.4) is 0 Å². The number of esters is 1. The van der Waals surface area contributed by atoms with Gasteiger partial charge in [-0.1, -0.05) is 12.1 Å². The van der Waals surface area contributed by atoms with Gasteiger partial charge in [-0.15, -0.1) is 0 Å². The first-order chi connectivity index (χ1) is 14.4. The summed E-state index contributed by atoms with van der Waals surface area (Å²) in [5.41, 5.74) is 1.02. The molecule has 0 aromatic heterocycles. The Bertz CT molecular complexity index is 927. The number of carbonyl (C=O) groups is 2. The summed E-state index contributed by atoms with van der Waals surface area (Å²) in [6.45, 7) is 1.10. The number of nitro groups is 1. The zero-order chi connectivity index (χ0) is 21.5. The van der Waals surface area contributed by atoms with Crippen molar-refractivity contribution < 1.29 is 23.6 Å². The van der Waals surface area contributed by atoms with Crippen LogP contribution in [0.4, 0.5) is 15.8 Å². The Hall–Kier alpha value is -3.49. The summed E-state index contributed by atoms with van der Waals surface area (Å²) >= 11 is 0. The second-order valence-corrected chi connectivity index (χ2v) is 6.99. The molecular formula is C21H22FN3O5. The van der Waals surface area contributed by atoms with E-state index >= 15 is 0 Å². The lowest BCUT2D eigenvalue weighted by Gasteiger charge is -2.28. The minimum absolute atomic E-state index is 0.00814. The van der Waals surface area contributed by atoms with E-state index in [-0.39, 0.29) is 23.6 Å². The molecule has 30 heavy (non-hydrogen) atoms. The van der Waals surface area contributed by atoms with Gasteiger partial charge in [0, 0.05) is 25.7 Å². The fourth-order valence-electron chi connectivity index (χ4n) is 3.27. The lowest BCUT2D eigenvalue weighted by molar-refractivity contribution is -0.384. The quantitative estimate of drug-likeness (QED) is 0.423. The van der Waals surface area contributed by atoms with Gasteiger partial charge in [0.15, 0.2) is 6.61 Å². The molecule has 2 aromatic rings. The van der Waals surface area contributed by atoms with Gasteiger partial charge in [0.1, 0.15) is 11.5 Å². The number of halogens is 1. The van der Waals surface area contributed by atoms with Crippen LogP contribution in [0.5, 0.6) is 0 Å². The number of anilines is 1. The van der Waals surface area contributed by atoms with Gasteiger partial charge in [-0.3, -0.25) is 14.9 Å². The Morgan fingerprint density at radius 3 is 2.47 bits per heavy atom. The van der Waals surface area contributed by atoms with Gasteiger partial charge in [-0.2, -0.15) is 0 Å². The number of hydrogen-bond acceptors (Lipinski definition) is 6. The largest absolute Gasteiger partial charge is 0.452 e. The number of nitrogens with one attached hydrogen (secondary N) is 1. The summed E-state index contributed by atoms with van der Waals surface area (Å²) in [5, 5.41) is 14.0.